The first kappa shape index (κ1) is 40.5. The maximum absolute atomic E-state index is 14.0. The number of carbonyl (C=O) groups excluding carboxylic acids is 7. The van der Waals surface area contributed by atoms with Crippen molar-refractivity contribution in [2.45, 2.75) is 122 Å². The summed E-state index contributed by atoms with van der Waals surface area (Å²) in [6, 6.07) is 2.97. The first-order chi connectivity index (χ1) is 25.1. The molecule has 0 amide bonds. The number of fused-ring (bicyclic) bond motifs is 5. The molecule has 4 aliphatic rings. The zero-order valence-corrected chi connectivity index (χ0v) is 31.1. The molecule has 1 saturated heterocycles. The van der Waals surface area contributed by atoms with Gasteiger partial charge in [-0.2, -0.15) is 0 Å². The van der Waals surface area contributed by atoms with Crippen LogP contribution in [-0.4, -0.2) is 124 Å². The second-order valence-electron chi connectivity index (χ2n) is 14.7. The Labute approximate surface area is 310 Å². The van der Waals surface area contributed by atoms with Crippen molar-refractivity contribution in [3.63, 3.8) is 0 Å². The number of esters is 7. The topological polar surface area (TPSA) is 247 Å². The number of hydrogen-bond acceptors (Lipinski definition) is 18. The smallest absolute Gasteiger partial charge is 0.340 e. The molecule has 2 aliphatic heterocycles. The van der Waals surface area contributed by atoms with Crippen molar-refractivity contribution in [1.29, 1.82) is 0 Å². The molecule has 54 heavy (non-hydrogen) atoms. The molecule has 0 radical (unpaired) electrons. The third-order valence-corrected chi connectivity index (χ3v) is 10.9. The minimum Gasteiger partial charge on any atom is -0.465 e. The van der Waals surface area contributed by atoms with Crippen LogP contribution in [0.15, 0.2) is 18.3 Å². The van der Waals surface area contributed by atoms with Gasteiger partial charge in [0.15, 0.2) is 24.4 Å². The molecule has 4 bridgehead atoms. The zero-order chi connectivity index (χ0) is 40.1. The Morgan fingerprint density at radius 2 is 1.46 bits per heavy atom. The monoisotopic (exact) mass is 763 g/mol. The highest BCUT2D eigenvalue weighted by molar-refractivity contribution is 5.90. The van der Waals surface area contributed by atoms with Gasteiger partial charge in [0.1, 0.15) is 41.5 Å². The summed E-state index contributed by atoms with van der Waals surface area (Å²) in [5.41, 5.74) is -9.71. The zero-order valence-electron chi connectivity index (χ0n) is 31.1. The van der Waals surface area contributed by atoms with E-state index in [4.69, 9.17) is 37.9 Å². The number of aliphatic hydroxyl groups excluding tert-OH is 1. The van der Waals surface area contributed by atoms with E-state index in [9.17, 15) is 43.8 Å². The van der Waals surface area contributed by atoms with Crippen LogP contribution in [-0.2, 0) is 73.1 Å². The number of cyclic esters (lactones) is 1. The van der Waals surface area contributed by atoms with E-state index in [1.807, 2.05) is 0 Å². The van der Waals surface area contributed by atoms with Crippen LogP contribution in [0.2, 0.25) is 0 Å². The Kier molecular flexibility index (Phi) is 10.9. The summed E-state index contributed by atoms with van der Waals surface area (Å²) < 4.78 is 47.5. The van der Waals surface area contributed by atoms with Crippen LogP contribution >= 0.6 is 0 Å². The second kappa shape index (κ2) is 14.5. The lowest BCUT2D eigenvalue weighted by Gasteiger charge is -2.67. The van der Waals surface area contributed by atoms with Crippen LogP contribution in [0.3, 0.4) is 0 Å². The Morgan fingerprint density at radius 3 is 2.04 bits per heavy atom. The minimum absolute atomic E-state index is 0.0466. The summed E-state index contributed by atoms with van der Waals surface area (Å²) in [7, 11) is 0. The van der Waals surface area contributed by atoms with E-state index in [2.05, 4.69) is 4.98 Å². The van der Waals surface area contributed by atoms with Gasteiger partial charge in [0.05, 0.1) is 29.2 Å². The summed E-state index contributed by atoms with van der Waals surface area (Å²) in [6.07, 6.45) is -10.3. The highest BCUT2D eigenvalue weighted by Gasteiger charge is 2.90. The molecule has 18 heteroatoms. The normalized spacial score (nSPS) is 38.6. The molecule has 12 atom stereocenters. The maximum atomic E-state index is 14.0. The number of rotatable bonds is 6. The molecule has 2 saturated carbocycles. The number of aliphatic hydroxyl groups is 2. The largest absolute Gasteiger partial charge is 0.465 e. The Morgan fingerprint density at radius 1 is 0.889 bits per heavy atom. The van der Waals surface area contributed by atoms with E-state index in [1.165, 1.54) is 32.2 Å². The first-order valence-electron chi connectivity index (χ1n) is 17.4. The van der Waals surface area contributed by atoms with Gasteiger partial charge in [-0.15, -0.1) is 0 Å². The average molecular weight is 764 g/mol. The van der Waals surface area contributed by atoms with Crippen LogP contribution in [0.1, 0.15) is 77.9 Å². The maximum Gasteiger partial charge on any atom is 0.340 e. The van der Waals surface area contributed by atoms with Crippen LogP contribution < -0.4 is 0 Å². The van der Waals surface area contributed by atoms with Gasteiger partial charge in [0, 0.05) is 40.8 Å². The minimum atomic E-state index is -2.76. The van der Waals surface area contributed by atoms with E-state index in [0.717, 1.165) is 41.5 Å². The fraction of sp³-hybridized carbons (Fsp3) is 0.667. The number of aryl methyl sites for hydroxylation is 1. The number of ether oxygens (including phenoxy) is 8. The summed E-state index contributed by atoms with van der Waals surface area (Å²) in [4.78, 5) is 96.5. The Hall–Kier alpha value is -4.68. The molecule has 3 heterocycles. The molecule has 2 N–H and O–H groups in total. The van der Waals surface area contributed by atoms with Crippen LogP contribution in [0.4, 0.5) is 0 Å². The summed E-state index contributed by atoms with van der Waals surface area (Å²) in [5.74, 6) is -9.34. The van der Waals surface area contributed by atoms with E-state index >= 15 is 0 Å². The molecular formula is C36H45NO17. The fourth-order valence-corrected chi connectivity index (χ4v) is 8.87. The molecule has 2 aliphatic carbocycles. The highest BCUT2D eigenvalue weighted by atomic mass is 16.7. The van der Waals surface area contributed by atoms with E-state index in [0.29, 0.717) is 0 Å². The van der Waals surface area contributed by atoms with Gasteiger partial charge >= 0.3 is 41.8 Å². The SMILES string of the molecule is CC(=O)OC[C@]12[C@H](OC(C)=O)[C@H](OC(C)=O)[C@@H]3[C@H](O)[C@@]14O[C@]3(C)COC(=O)c1cccnc1CC[C@H](C)C(=O)O[C@@H]([C@H](OC(C)=O)[C@@H]2OC(C)=O)[C@@]4(C)O. The molecule has 1 aromatic heterocycles. The number of pyridine rings is 1. The predicted molar refractivity (Wildman–Crippen MR) is 176 cm³/mol. The molecule has 0 unspecified atom stereocenters. The molecule has 18 nitrogen and oxygen atoms in total. The Balaban J connectivity index is 1.93. The number of aromatic nitrogens is 1. The highest BCUT2D eigenvalue weighted by Crippen LogP contribution is 2.69. The molecule has 1 spiro atoms. The lowest BCUT2D eigenvalue weighted by atomic mass is 9.45. The Bertz CT molecular complexity index is 1730. The lowest BCUT2D eigenvalue weighted by molar-refractivity contribution is -0.386. The summed E-state index contributed by atoms with van der Waals surface area (Å²) in [5, 5.41) is 25.8. The fourth-order valence-electron chi connectivity index (χ4n) is 8.87. The van der Waals surface area contributed by atoms with E-state index in [1.54, 1.807) is 0 Å². The third-order valence-electron chi connectivity index (χ3n) is 10.9. The lowest BCUT2D eigenvalue weighted by Crippen LogP contribution is -2.89. The molecule has 1 aromatic rings. The van der Waals surface area contributed by atoms with Crippen molar-refractivity contribution >= 4 is 41.8 Å². The third kappa shape index (κ3) is 6.46. The van der Waals surface area contributed by atoms with Crippen molar-refractivity contribution in [1.82, 2.24) is 4.98 Å². The molecule has 296 valence electrons. The van der Waals surface area contributed by atoms with E-state index < -0.39 is 126 Å². The van der Waals surface area contributed by atoms with Gasteiger partial charge in [0.2, 0.25) is 0 Å². The average Bonchev–Trinajstić information content (AvgIpc) is 3.27. The standard InChI is InChI=1S/C36H45NO17/c1-16-11-12-23-22(10-9-13-37-23)32(45)48-14-33(7)24-25(49-18(3)39)29(51-20(5)41)35(15-47-17(2)38)30(52-21(6)42)26(50-19(4)40)28(53-31(16)44)34(8,46)36(35,54-33)27(24)43/h9-10,13,16,24-30,43,46H,11-12,14-15H2,1-8H3/t16-,24+,25+,26-,27-,28-,29+,30-,33+,34+,35+,36-/m0/s1. The second-order valence-corrected chi connectivity index (χ2v) is 14.7. The number of hydrogen-bond donors (Lipinski definition) is 2. The summed E-state index contributed by atoms with van der Waals surface area (Å²) in [6.45, 7) is 7.22. The first-order valence-corrected chi connectivity index (χ1v) is 17.4. The van der Waals surface area contributed by atoms with Crippen molar-refractivity contribution in [2.24, 2.45) is 17.3 Å². The number of carbonyl (C=O) groups is 7. The van der Waals surface area contributed by atoms with E-state index in [-0.39, 0.29) is 24.1 Å². The van der Waals surface area contributed by atoms with Gasteiger partial charge < -0.3 is 48.1 Å². The van der Waals surface area contributed by atoms with Crippen molar-refractivity contribution < 1.29 is 81.7 Å². The molecule has 5 rings (SSSR count). The predicted octanol–water partition coefficient (Wildman–Crippen LogP) is 0.292. The molecule has 3 fully saturated rings. The molecular weight excluding hydrogens is 718 g/mol. The van der Waals surface area contributed by atoms with Crippen LogP contribution in [0.5, 0.6) is 0 Å². The van der Waals surface area contributed by atoms with Gasteiger partial charge in [0.25, 0.3) is 0 Å². The van der Waals surface area contributed by atoms with Gasteiger partial charge in [-0.1, -0.05) is 6.92 Å². The van der Waals surface area contributed by atoms with Crippen LogP contribution in [0.25, 0.3) is 0 Å². The van der Waals surface area contributed by atoms with Gasteiger partial charge in [-0.3, -0.25) is 33.8 Å². The summed E-state index contributed by atoms with van der Waals surface area (Å²) >= 11 is 0. The van der Waals surface area contributed by atoms with Crippen molar-refractivity contribution in [2.75, 3.05) is 13.2 Å². The molecule has 0 aromatic carbocycles. The van der Waals surface area contributed by atoms with Gasteiger partial charge in [-0.05, 0) is 38.8 Å². The van der Waals surface area contributed by atoms with Crippen molar-refractivity contribution in [3.05, 3.63) is 29.6 Å². The quantitative estimate of drug-likeness (QED) is 0.292. The van der Waals surface area contributed by atoms with Crippen molar-refractivity contribution in [3.8, 4) is 0 Å². The van der Waals surface area contributed by atoms with Crippen LogP contribution in [0, 0.1) is 17.3 Å². The number of nitrogens with zero attached hydrogens (tertiary/aromatic N) is 1. The van der Waals surface area contributed by atoms with Gasteiger partial charge in [-0.25, -0.2) is 4.79 Å².